The third kappa shape index (κ3) is 5.68. The van der Waals surface area contributed by atoms with Gasteiger partial charge in [-0.25, -0.2) is 23.4 Å². The summed E-state index contributed by atoms with van der Waals surface area (Å²) in [6.45, 7) is 0. The maximum absolute atomic E-state index is 12.7. The average Bonchev–Trinajstić information content (AvgIpc) is 2.81. The Bertz CT molecular complexity index is 1350. The number of pyridine rings is 1. The summed E-state index contributed by atoms with van der Waals surface area (Å²) in [6.07, 6.45) is 3.11. The minimum Gasteiger partial charge on any atom is -0.495 e. The highest BCUT2D eigenvalue weighted by Crippen LogP contribution is 2.28. The van der Waals surface area contributed by atoms with Crippen molar-refractivity contribution in [1.29, 1.82) is 0 Å². The molecule has 168 valence electrons. The lowest BCUT2D eigenvalue weighted by molar-refractivity contribution is 0.414. The monoisotopic (exact) mass is 482 g/mol. The second kappa shape index (κ2) is 9.72. The van der Waals surface area contributed by atoms with Crippen molar-refractivity contribution in [2.24, 2.45) is 0 Å². The Balaban J connectivity index is 1.43. The van der Waals surface area contributed by atoms with Gasteiger partial charge in [-0.2, -0.15) is 0 Å². The molecule has 0 amide bonds. The van der Waals surface area contributed by atoms with Gasteiger partial charge in [0.2, 0.25) is 0 Å². The number of rotatable bonds is 8. The number of anilines is 5. The van der Waals surface area contributed by atoms with Crippen molar-refractivity contribution < 1.29 is 13.2 Å². The van der Waals surface area contributed by atoms with Crippen LogP contribution in [0.3, 0.4) is 0 Å². The molecule has 0 bridgehead atoms. The Labute approximate surface area is 195 Å². The second-order valence-electron chi connectivity index (χ2n) is 6.73. The molecular formula is C22H19ClN6O3S. The first-order chi connectivity index (χ1) is 15.9. The third-order valence-electron chi connectivity index (χ3n) is 4.43. The Kier molecular flexibility index (Phi) is 6.57. The molecule has 0 unspecified atom stereocenters. The highest BCUT2D eigenvalue weighted by atomic mass is 35.5. The number of sulfonamides is 1. The molecule has 0 spiro atoms. The second-order valence-corrected chi connectivity index (χ2v) is 8.82. The summed E-state index contributed by atoms with van der Waals surface area (Å²) in [5.74, 6) is 2.20. The standard InChI is InChI=1S/C22H19ClN6O3S/c1-32-19-10-9-17(12-18(19)23)33(30,31)29-16-7-5-15(6-8-16)27-21-13-22(26-14-25-21)28-20-4-2-3-11-24-20/h2-14,29H,1H3,(H2,24,25,26,27,28). The molecule has 33 heavy (non-hydrogen) atoms. The van der Waals surface area contributed by atoms with Gasteiger partial charge in [0.15, 0.2) is 0 Å². The molecule has 9 nitrogen and oxygen atoms in total. The van der Waals surface area contributed by atoms with Crippen LogP contribution in [0.15, 0.2) is 84.1 Å². The first-order valence-electron chi connectivity index (χ1n) is 9.66. The van der Waals surface area contributed by atoms with Crippen LogP contribution in [0.5, 0.6) is 5.75 Å². The number of ether oxygens (including phenoxy) is 1. The molecular weight excluding hydrogens is 464 g/mol. The van der Waals surface area contributed by atoms with Crippen molar-refractivity contribution in [3.05, 3.63) is 84.3 Å². The van der Waals surface area contributed by atoms with E-state index in [1.165, 1.54) is 31.6 Å². The normalized spacial score (nSPS) is 11.0. The first-order valence-corrected chi connectivity index (χ1v) is 11.5. The summed E-state index contributed by atoms with van der Waals surface area (Å²) in [5.41, 5.74) is 1.11. The van der Waals surface area contributed by atoms with Crippen molar-refractivity contribution in [3.63, 3.8) is 0 Å². The number of aromatic nitrogens is 3. The van der Waals surface area contributed by atoms with E-state index in [0.717, 1.165) is 0 Å². The fraction of sp³-hybridized carbons (Fsp3) is 0.0455. The molecule has 2 aromatic carbocycles. The van der Waals surface area contributed by atoms with Crippen LogP contribution in [-0.4, -0.2) is 30.5 Å². The zero-order valence-electron chi connectivity index (χ0n) is 17.4. The molecule has 0 fully saturated rings. The van der Waals surface area contributed by atoms with E-state index in [9.17, 15) is 8.42 Å². The summed E-state index contributed by atoms with van der Waals surface area (Å²) in [4.78, 5) is 12.6. The van der Waals surface area contributed by atoms with Crippen LogP contribution in [0.25, 0.3) is 0 Å². The van der Waals surface area contributed by atoms with Gasteiger partial charge in [-0.1, -0.05) is 17.7 Å². The van der Waals surface area contributed by atoms with Crippen molar-refractivity contribution in [1.82, 2.24) is 15.0 Å². The highest BCUT2D eigenvalue weighted by molar-refractivity contribution is 7.92. The van der Waals surface area contributed by atoms with Crippen LogP contribution in [0.1, 0.15) is 0 Å². The molecule has 0 aliphatic carbocycles. The smallest absolute Gasteiger partial charge is 0.261 e. The van der Waals surface area contributed by atoms with E-state index in [0.29, 0.717) is 34.6 Å². The zero-order valence-corrected chi connectivity index (χ0v) is 18.9. The summed E-state index contributed by atoms with van der Waals surface area (Å²) in [6, 6.07) is 18.3. The predicted molar refractivity (Wildman–Crippen MR) is 128 cm³/mol. The van der Waals surface area contributed by atoms with Gasteiger partial charge < -0.3 is 15.4 Å². The van der Waals surface area contributed by atoms with E-state index < -0.39 is 10.0 Å². The molecule has 3 N–H and O–H groups in total. The molecule has 0 atom stereocenters. The van der Waals surface area contributed by atoms with E-state index in [4.69, 9.17) is 16.3 Å². The van der Waals surface area contributed by atoms with Gasteiger partial charge in [-0.3, -0.25) is 4.72 Å². The molecule has 11 heteroatoms. The van der Waals surface area contributed by atoms with E-state index in [1.54, 1.807) is 36.5 Å². The fourth-order valence-electron chi connectivity index (χ4n) is 2.86. The summed E-state index contributed by atoms with van der Waals surface area (Å²) in [7, 11) is -2.35. The molecule has 2 heterocycles. The summed E-state index contributed by atoms with van der Waals surface area (Å²) >= 11 is 6.05. The predicted octanol–water partition coefficient (Wildman–Crippen LogP) is 4.82. The van der Waals surface area contributed by atoms with Gasteiger partial charge >= 0.3 is 0 Å². The number of halogens is 1. The lowest BCUT2D eigenvalue weighted by atomic mass is 10.3. The van der Waals surface area contributed by atoms with Crippen molar-refractivity contribution in [2.45, 2.75) is 4.90 Å². The first kappa shape index (κ1) is 22.3. The Morgan fingerprint density at radius 2 is 1.55 bits per heavy atom. The molecule has 4 rings (SSSR count). The third-order valence-corrected chi connectivity index (χ3v) is 6.11. The molecule has 0 radical (unpaired) electrons. The molecule has 0 saturated carbocycles. The van der Waals surface area contributed by atoms with Crippen LogP contribution in [0.2, 0.25) is 5.02 Å². The minimum atomic E-state index is -3.81. The maximum atomic E-state index is 12.7. The van der Waals surface area contributed by atoms with Crippen molar-refractivity contribution in [2.75, 3.05) is 22.5 Å². The van der Waals surface area contributed by atoms with Crippen molar-refractivity contribution >= 4 is 50.5 Å². The van der Waals surface area contributed by atoms with Crippen LogP contribution in [0, 0.1) is 0 Å². The number of nitrogens with one attached hydrogen (secondary N) is 3. The number of hydrogen-bond acceptors (Lipinski definition) is 8. The summed E-state index contributed by atoms with van der Waals surface area (Å²) < 4.78 is 32.9. The van der Waals surface area contributed by atoms with Gasteiger partial charge in [0.25, 0.3) is 10.0 Å². The van der Waals surface area contributed by atoms with E-state index >= 15 is 0 Å². The highest BCUT2D eigenvalue weighted by Gasteiger charge is 2.16. The number of nitrogens with zero attached hydrogens (tertiary/aromatic N) is 3. The zero-order chi connectivity index (χ0) is 23.3. The topological polar surface area (TPSA) is 118 Å². The summed E-state index contributed by atoms with van der Waals surface area (Å²) in [5, 5.41) is 6.46. The van der Waals surface area contributed by atoms with E-state index in [-0.39, 0.29) is 9.92 Å². The van der Waals surface area contributed by atoms with Gasteiger partial charge in [0.1, 0.15) is 29.5 Å². The van der Waals surface area contributed by atoms with Gasteiger partial charge in [-0.05, 0) is 54.6 Å². The van der Waals surface area contributed by atoms with Crippen LogP contribution < -0.4 is 20.1 Å². The maximum Gasteiger partial charge on any atom is 0.261 e. The molecule has 0 aliphatic heterocycles. The number of benzene rings is 2. The quantitative estimate of drug-likeness (QED) is 0.327. The van der Waals surface area contributed by atoms with Gasteiger partial charge in [0, 0.05) is 23.6 Å². The Morgan fingerprint density at radius 3 is 2.21 bits per heavy atom. The molecule has 0 aliphatic rings. The largest absolute Gasteiger partial charge is 0.495 e. The minimum absolute atomic E-state index is 0.0319. The molecule has 4 aromatic rings. The van der Waals surface area contributed by atoms with Gasteiger partial charge in [0.05, 0.1) is 17.0 Å². The van der Waals surface area contributed by atoms with Gasteiger partial charge in [-0.15, -0.1) is 0 Å². The van der Waals surface area contributed by atoms with E-state index in [1.807, 2.05) is 18.2 Å². The lowest BCUT2D eigenvalue weighted by Crippen LogP contribution is -2.13. The number of methoxy groups -OCH3 is 1. The lowest BCUT2D eigenvalue weighted by Gasteiger charge is -2.11. The average molecular weight is 483 g/mol. The van der Waals surface area contributed by atoms with Crippen LogP contribution in [-0.2, 0) is 10.0 Å². The van der Waals surface area contributed by atoms with Crippen LogP contribution >= 0.6 is 11.6 Å². The molecule has 0 saturated heterocycles. The Hall–Kier alpha value is -3.89. The fourth-order valence-corrected chi connectivity index (χ4v) is 4.27. The van der Waals surface area contributed by atoms with E-state index in [2.05, 4.69) is 30.3 Å². The molecule has 2 aromatic heterocycles. The van der Waals surface area contributed by atoms with Crippen molar-refractivity contribution in [3.8, 4) is 5.75 Å². The SMILES string of the molecule is COc1ccc(S(=O)(=O)Nc2ccc(Nc3cc(Nc4ccccn4)ncn3)cc2)cc1Cl. The number of hydrogen-bond donors (Lipinski definition) is 3. The van der Waals surface area contributed by atoms with Crippen LogP contribution in [0.4, 0.5) is 28.8 Å². The Morgan fingerprint density at radius 1 is 0.818 bits per heavy atom.